The molecule has 0 amide bonds. The van der Waals surface area contributed by atoms with Gasteiger partial charge in [-0.05, 0) is 19.3 Å². The molecule has 2 saturated heterocycles. The van der Waals surface area contributed by atoms with Gasteiger partial charge in [-0.25, -0.2) is 0 Å². The number of hydrogen-bond acceptors (Lipinski definition) is 4. The molecule has 0 radical (unpaired) electrons. The Bertz CT molecular complexity index is 293. The molecule has 2 rings (SSSR count). The lowest BCUT2D eigenvalue weighted by Gasteiger charge is -2.26. The SMILES string of the molecule is CN=C(NCCC1CCCO1)NCCN1CCOCC1.I. The molecule has 0 saturated carbocycles. The molecule has 1 atom stereocenters. The predicted molar refractivity (Wildman–Crippen MR) is 95.6 cm³/mol. The Hall–Kier alpha value is -0.120. The molecule has 0 aromatic rings. The zero-order valence-corrected chi connectivity index (χ0v) is 15.3. The first-order valence-corrected chi connectivity index (χ1v) is 7.74. The Balaban J connectivity index is 0.00000220. The molecule has 0 aromatic carbocycles. The van der Waals surface area contributed by atoms with Gasteiger partial charge in [-0.3, -0.25) is 9.89 Å². The fraction of sp³-hybridized carbons (Fsp3) is 0.929. The van der Waals surface area contributed by atoms with Crippen LogP contribution in [0.2, 0.25) is 0 Å². The number of aliphatic imine (C=N–C) groups is 1. The molecule has 2 N–H and O–H groups in total. The molecule has 124 valence electrons. The van der Waals surface area contributed by atoms with Crippen LogP contribution in [0.15, 0.2) is 4.99 Å². The summed E-state index contributed by atoms with van der Waals surface area (Å²) in [5, 5.41) is 6.71. The number of morpholine rings is 1. The molecular formula is C14H29IN4O2. The second-order valence-electron chi connectivity index (χ2n) is 5.30. The molecule has 6 nitrogen and oxygen atoms in total. The van der Waals surface area contributed by atoms with Crippen LogP contribution in [0.1, 0.15) is 19.3 Å². The molecule has 0 spiro atoms. The van der Waals surface area contributed by atoms with Crippen LogP contribution in [-0.4, -0.2) is 76.6 Å². The van der Waals surface area contributed by atoms with Crippen LogP contribution in [-0.2, 0) is 9.47 Å². The van der Waals surface area contributed by atoms with E-state index in [1.807, 2.05) is 7.05 Å². The topological polar surface area (TPSA) is 58.1 Å². The van der Waals surface area contributed by atoms with Crippen molar-refractivity contribution in [1.82, 2.24) is 15.5 Å². The minimum absolute atomic E-state index is 0. The summed E-state index contributed by atoms with van der Waals surface area (Å²) in [5.74, 6) is 0.885. The van der Waals surface area contributed by atoms with Crippen LogP contribution in [0.25, 0.3) is 0 Å². The van der Waals surface area contributed by atoms with E-state index >= 15 is 0 Å². The number of nitrogens with zero attached hydrogens (tertiary/aromatic N) is 2. The van der Waals surface area contributed by atoms with E-state index in [4.69, 9.17) is 9.47 Å². The summed E-state index contributed by atoms with van der Waals surface area (Å²) < 4.78 is 11.0. The van der Waals surface area contributed by atoms with Crippen molar-refractivity contribution in [3.63, 3.8) is 0 Å². The van der Waals surface area contributed by atoms with Crippen molar-refractivity contribution in [2.24, 2.45) is 4.99 Å². The molecule has 0 bridgehead atoms. The number of hydrogen-bond donors (Lipinski definition) is 2. The average molecular weight is 412 g/mol. The first kappa shape index (κ1) is 18.9. The standard InChI is InChI=1S/C14H28N4O2.HI/c1-15-14(16-5-4-13-3-2-10-20-13)17-6-7-18-8-11-19-12-9-18;/h13H,2-12H2,1H3,(H2,15,16,17);1H. The van der Waals surface area contributed by atoms with Gasteiger partial charge >= 0.3 is 0 Å². The highest BCUT2D eigenvalue weighted by Crippen LogP contribution is 2.14. The van der Waals surface area contributed by atoms with E-state index in [1.54, 1.807) is 0 Å². The molecule has 2 fully saturated rings. The smallest absolute Gasteiger partial charge is 0.191 e. The lowest BCUT2D eigenvalue weighted by Crippen LogP contribution is -2.44. The second-order valence-corrected chi connectivity index (χ2v) is 5.30. The molecule has 2 aliphatic rings. The van der Waals surface area contributed by atoms with E-state index in [1.165, 1.54) is 12.8 Å². The van der Waals surface area contributed by atoms with Crippen LogP contribution >= 0.6 is 24.0 Å². The lowest BCUT2D eigenvalue weighted by molar-refractivity contribution is 0.0389. The third kappa shape index (κ3) is 7.62. The van der Waals surface area contributed by atoms with Gasteiger partial charge in [0.25, 0.3) is 0 Å². The first-order chi connectivity index (χ1) is 9.88. The minimum Gasteiger partial charge on any atom is -0.379 e. The Kier molecular flexibility index (Phi) is 10.3. The van der Waals surface area contributed by atoms with E-state index in [2.05, 4.69) is 20.5 Å². The summed E-state index contributed by atoms with van der Waals surface area (Å²) in [6, 6.07) is 0. The number of halogens is 1. The average Bonchev–Trinajstić information content (AvgIpc) is 3.00. The predicted octanol–water partition coefficient (Wildman–Crippen LogP) is 0.671. The monoisotopic (exact) mass is 412 g/mol. The molecule has 7 heteroatoms. The van der Waals surface area contributed by atoms with Crippen molar-refractivity contribution < 1.29 is 9.47 Å². The van der Waals surface area contributed by atoms with Gasteiger partial charge in [-0.15, -0.1) is 24.0 Å². The summed E-state index contributed by atoms with van der Waals surface area (Å²) >= 11 is 0. The van der Waals surface area contributed by atoms with Crippen molar-refractivity contribution >= 4 is 29.9 Å². The number of ether oxygens (including phenoxy) is 2. The number of rotatable bonds is 6. The Morgan fingerprint density at radius 2 is 1.95 bits per heavy atom. The highest BCUT2D eigenvalue weighted by molar-refractivity contribution is 14.0. The quantitative estimate of drug-likeness (QED) is 0.382. The normalized spacial score (nSPS) is 23.7. The Labute approximate surface area is 145 Å². The summed E-state index contributed by atoms with van der Waals surface area (Å²) in [6.07, 6.45) is 3.90. The Morgan fingerprint density at radius 3 is 2.62 bits per heavy atom. The van der Waals surface area contributed by atoms with Crippen LogP contribution in [0.4, 0.5) is 0 Å². The lowest BCUT2D eigenvalue weighted by atomic mass is 10.2. The molecule has 2 aliphatic heterocycles. The van der Waals surface area contributed by atoms with Crippen molar-refractivity contribution in [1.29, 1.82) is 0 Å². The van der Waals surface area contributed by atoms with Crippen molar-refractivity contribution in [2.45, 2.75) is 25.4 Å². The Morgan fingerprint density at radius 1 is 1.19 bits per heavy atom. The van der Waals surface area contributed by atoms with Crippen LogP contribution in [0.3, 0.4) is 0 Å². The van der Waals surface area contributed by atoms with Gasteiger partial charge in [-0.2, -0.15) is 0 Å². The van der Waals surface area contributed by atoms with Crippen molar-refractivity contribution in [3.8, 4) is 0 Å². The maximum Gasteiger partial charge on any atom is 0.191 e. The molecule has 2 heterocycles. The maximum absolute atomic E-state index is 5.61. The zero-order valence-electron chi connectivity index (χ0n) is 13.0. The molecule has 0 aliphatic carbocycles. The van der Waals surface area contributed by atoms with Crippen LogP contribution < -0.4 is 10.6 Å². The van der Waals surface area contributed by atoms with E-state index in [0.29, 0.717) is 6.10 Å². The zero-order chi connectivity index (χ0) is 14.0. The summed E-state index contributed by atoms with van der Waals surface area (Å²) in [4.78, 5) is 6.66. The summed E-state index contributed by atoms with van der Waals surface area (Å²) in [5.41, 5.74) is 0. The maximum atomic E-state index is 5.61. The van der Waals surface area contributed by atoms with Gasteiger partial charge in [0, 0.05) is 46.4 Å². The molecule has 0 aromatic heterocycles. The first-order valence-electron chi connectivity index (χ1n) is 7.74. The summed E-state index contributed by atoms with van der Waals surface area (Å²) in [6.45, 7) is 7.58. The fourth-order valence-electron chi connectivity index (χ4n) is 2.60. The van der Waals surface area contributed by atoms with Crippen molar-refractivity contribution in [3.05, 3.63) is 0 Å². The molecule has 1 unspecified atom stereocenters. The van der Waals surface area contributed by atoms with E-state index < -0.39 is 0 Å². The van der Waals surface area contributed by atoms with Gasteiger partial charge in [0.1, 0.15) is 0 Å². The van der Waals surface area contributed by atoms with Crippen molar-refractivity contribution in [2.75, 3.05) is 59.6 Å². The fourth-order valence-corrected chi connectivity index (χ4v) is 2.60. The van der Waals surface area contributed by atoms with Gasteiger partial charge in [-0.1, -0.05) is 0 Å². The highest BCUT2D eigenvalue weighted by Gasteiger charge is 2.15. The second kappa shape index (κ2) is 11.4. The minimum atomic E-state index is 0. The molecular weight excluding hydrogens is 383 g/mol. The molecule has 21 heavy (non-hydrogen) atoms. The van der Waals surface area contributed by atoms with Gasteiger partial charge < -0.3 is 20.1 Å². The third-order valence-electron chi connectivity index (χ3n) is 3.83. The third-order valence-corrected chi connectivity index (χ3v) is 3.83. The highest BCUT2D eigenvalue weighted by atomic mass is 127. The number of guanidine groups is 1. The largest absolute Gasteiger partial charge is 0.379 e. The van der Waals surface area contributed by atoms with Gasteiger partial charge in [0.05, 0.1) is 19.3 Å². The van der Waals surface area contributed by atoms with E-state index in [0.717, 1.165) is 64.9 Å². The van der Waals surface area contributed by atoms with Gasteiger partial charge in [0.15, 0.2) is 5.96 Å². The summed E-state index contributed by atoms with van der Waals surface area (Å²) in [7, 11) is 1.82. The van der Waals surface area contributed by atoms with Crippen LogP contribution in [0.5, 0.6) is 0 Å². The van der Waals surface area contributed by atoms with E-state index in [9.17, 15) is 0 Å². The van der Waals surface area contributed by atoms with E-state index in [-0.39, 0.29) is 24.0 Å². The number of nitrogens with one attached hydrogen (secondary N) is 2. The van der Waals surface area contributed by atoms with Gasteiger partial charge in [0.2, 0.25) is 0 Å². The van der Waals surface area contributed by atoms with Crippen LogP contribution in [0, 0.1) is 0 Å².